The van der Waals surface area contributed by atoms with Gasteiger partial charge in [0.15, 0.2) is 0 Å². The molecule has 5 rings (SSSR count). The summed E-state index contributed by atoms with van der Waals surface area (Å²) in [5.41, 5.74) is 6.59. The zero-order valence-corrected chi connectivity index (χ0v) is 20.3. The van der Waals surface area contributed by atoms with E-state index < -0.39 is 17.1 Å². The number of nitrogens with zero attached hydrogens (tertiary/aromatic N) is 3. The number of aryl methyl sites for hydroxylation is 1. The van der Waals surface area contributed by atoms with E-state index in [2.05, 4.69) is 13.8 Å². The first kappa shape index (κ1) is 23.4. The molecule has 2 aliphatic rings. The maximum absolute atomic E-state index is 15.6. The van der Waals surface area contributed by atoms with E-state index in [1.807, 2.05) is 35.2 Å². The van der Waals surface area contributed by atoms with E-state index in [4.69, 9.17) is 16.3 Å². The lowest BCUT2D eigenvalue weighted by Gasteiger charge is -2.30. The molecule has 1 aliphatic heterocycles. The van der Waals surface area contributed by atoms with E-state index in [0.29, 0.717) is 41.1 Å². The van der Waals surface area contributed by atoms with Gasteiger partial charge in [-0.2, -0.15) is 4.68 Å². The topological polar surface area (TPSA) is 109 Å². The van der Waals surface area contributed by atoms with Crippen LogP contribution >= 0.6 is 0 Å². The van der Waals surface area contributed by atoms with Crippen molar-refractivity contribution in [1.29, 1.82) is 0 Å². The Hall–Kier alpha value is -3.33. The molecule has 1 aliphatic carbocycles. The van der Waals surface area contributed by atoms with Crippen LogP contribution in [0.4, 0.5) is 10.1 Å². The van der Waals surface area contributed by atoms with Gasteiger partial charge in [0, 0.05) is 36.7 Å². The maximum atomic E-state index is 15.6. The molecule has 1 saturated carbocycles. The number of halogens is 1. The molecular weight excluding hydrogens is 449 g/mol. The molecule has 2 aromatic carbocycles. The second kappa shape index (κ2) is 8.41. The number of hydrogen-bond acceptors (Lipinski definition) is 6. The average molecular weight is 482 g/mol. The molecule has 4 N–H and O–H groups in total. The second-order valence-corrected chi connectivity index (χ2v) is 10.6. The largest absolute Gasteiger partial charge is 0.492 e. The predicted molar refractivity (Wildman–Crippen MR) is 135 cm³/mol. The number of rotatable bonds is 6. The molecule has 0 bridgehead atoms. The Morgan fingerprint density at radius 3 is 2.54 bits per heavy atom. The van der Waals surface area contributed by atoms with Crippen LogP contribution < -0.4 is 32.5 Å². The Balaban J connectivity index is 1.51. The number of ether oxygens (including phenoxy) is 1. The van der Waals surface area contributed by atoms with Gasteiger partial charge in [-0.25, -0.2) is 9.18 Å². The molecule has 2 atom stereocenters. The van der Waals surface area contributed by atoms with E-state index in [-0.39, 0.29) is 28.8 Å². The average Bonchev–Trinajstić information content (AvgIpc) is 3.60. The third-order valence-corrected chi connectivity index (χ3v) is 7.52. The van der Waals surface area contributed by atoms with Crippen LogP contribution in [0.3, 0.4) is 0 Å². The summed E-state index contributed by atoms with van der Waals surface area (Å²) in [6.07, 6.45) is 1.66. The smallest absolute Gasteiger partial charge is 0.350 e. The summed E-state index contributed by atoms with van der Waals surface area (Å²) in [6, 6.07) is 10.5. The SMILES string of the molecule is Cc1c(N2CC([C@H](N)COc3ccccc3)C(C)(C)C2)c(F)cc2c(=O)n(N)c(=O)n(C3CC3)c12. The van der Waals surface area contributed by atoms with Crippen LogP contribution in [0, 0.1) is 24.1 Å². The number of aromatic nitrogens is 2. The van der Waals surface area contributed by atoms with Gasteiger partial charge in [0.2, 0.25) is 0 Å². The van der Waals surface area contributed by atoms with Crippen molar-refractivity contribution in [3.63, 3.8) is 0 Å². The Morgan fingerprint density at radius 2 is 1.89 bits per heavy atom. The van der Waals surface area contributed by atoms with E-state index >= 15 is 4.39 Å². The second-order valence-electron chi connectivity index (χ2n) is 10.6. The van der Waals surface area contributed by atoms with Crippen molar-refractivity contribution in [3.05, 3.63) is 68.6 Å². The summed E-state index contributed by atoms with van der Waals surface area (Å²) in [5, 5.41) is 0.126. The van der Waals surface area contributed by atoms with Crippen LogP contribution in [0.15, 0.2) is 46.0 Å². The highest BCUT2D eigenvalue weighted by Crippen LogP contribution is 2.43. The van der Waals surface area contributed by atoms with E-state index in [1.54, 1.807) is 11.5 Å². The zero-order chi connectivity index (χ0) is 25.1. The molecule has 1 saturated heterocycles. The molecule has 0 radical (unpaired) electrons. The normalized spacial score (nSPS) is 20.4. The fourth-order valence-corrected chi connectivity index (χ4v) is 5.59. The summed E-state index contributed by atoms with van der Waals surface area (Å²) >= 11 is 0. The van der Waals surface area contributed by atoms with Crippen molar-refractivity contribution in [3.8, 4) is 5.75 Å². The van der Waals surface area contributed by atoms with Crippen LogP contribution in [0.2, 0.25) is 0 Å². The van der Waals surface area contributed by atoms with Gasteiger partial charge >= 0.3 is 5.69 Å². The number of nitrogens with two attached hydrogens (primary N) is 2. The lowest BCUT2D eigenvalue weighted by atomic mass is 9.78. The standard InChI is InChI=1S/C26H32FN5O3/c1-15-22-18(24(33)32(29)25(34)31(22)16-9-10-16)11-20(27)23(15)30-12-19(26(2,3)14-30)21(28)13-35-17-7-5-4-6-8-17/h4-8,11,16,19,21H,9-10,12-14,28-29H2,1-3H3/t19?,21-/m1/s1. The lowest BCUT2D eigenvalue weighted by Crippen LogP contribution is -2.44. The van der Waals surface area contributed by atoms with Gasteiger partial charge < -0.3 is 21.2 Å². The van der Waals surface area contributed by atoms with E-state index in [9.17, 15) is 9.59 Å². The lowest BCUT2D eigenvalue weighted by molar-refractivity contribution is 0.185. The molecule has 2 fully saturated rings. The van der Waals surface area contributed by atoms with E-state index in [0.717, 1.165) is 18.6 Å². The first-order valence-electron chi connectivity index (χ1n) is 12.0. The summed E-state index contributed by atoms with van der Waals surface area (Å²) in [7, 11) is 0. The molecule has 3 aromatic rings. The number of nitrogen functional groups attached to an aromatic ring is 1. The van der Waals surface area contributed by atoms with Gasteiger partial charge in [0.1, 0.15) is 18.2 Å². The van der Waals surface area contributed by atoms with Crippen LogP contribution in [-0.4, -0.2) is 35.0 Å². The summed E-state index contributed by atoms with van der Waals surface area (Å²) in [4.78, 5) is 27.6. The van der Waals surface area contributed by atoms with Gasteiger partial charge in [0.05, 0.1) is 16.6 Å². The van der Waals surface area contributed by atoms with Crippen molar-refractivity contribution in [2.24, 2.45) is 17.1 Å². The molecule has 186 valence electrons. The van der Waals surface area contributed by atoms with Crippen molar-refractivity contribution in [2.75, 3.05) is 30.4 Å². The molecule has 35 heavy (non-hydrogen) atoms. The third kappa shape index (κ3) is 3.97. The fourth-order valence-electron chi connectivity index (χ4n) is 5.59. The molecule has 9 heteroatoms. The van der Waals surface area contributed by atoms with Gasteiger partial charge in [-0.1, -0.05) is 32.0 Å². The van der Waals surface area contributed by atoms with Crippen molar-refractivity contribution in [1.82, 2.24) is 9.24 Å². The summed E-state index contributed by atoms with van der Waals surface area (Å²) in [5.74, 6) is 6.05. The minimum atomic E-state index is -0.685. The van der Waals surface area contributed by atoms with Crippen LogP contribution in [0.25, 0.3) is 10.9 Å². The fraction of sp³-hybridized carbons (Fsp3) is 0.462. The quantitative estimate of drug-likeness (QED) is 0.524. The Labute approximate surface area is 202 Å². The van der Waals surface area contributed by atoms with Crippen molar-refractivity contribution >= 4 is 16.6 Å². The Kier molecular flexibility index (Phi) is 5.62. The molecule has 1 aromatic heterocycles. The minimum absolute atomic E-state index is 0.0243. The molecular formula is C26H32FN5O3. The molecule has 8 nitrogen and oxygen atoms in total. The van der Waals surface area contributed by atoms with Gasteiger partial charge in [-0.15, -0.1) is 0 Å². The predicted octanol–water partition coefficient (Wildman–Crippen LogP) is 2.53. The molecule has 1 unspecified atom stereocenters. The summed E-state index contributed by atoms with van der Waals surface area (Å²) < 4.78 is 23.6. The highest BCUT2D eigenvalue weighted by molar-refractivity contribution is 5.87. The minimum Gasteiger partial charge on any atom is -0.492 e. The van der Waals surface area contributed by atoms with Crippen molar-refractivity contribution in [2.45, 2.75) is 45.7 Å². The number of hydrogen-bond donors (Lipinski definition) is 2. The molecule has 2 heterocycles. The molecule has 0 spiro atoms. The van der Waals surface area contributed by atoms with E-state index in [1.165, 1.54) is 6.07 Å². The van der Waals surface area contributed by atoms with Crippen LogP contribution in [0.5, 0.6) is 5.75 Å². The number of anilines is 1. The third-order valence-electron chi connectivity index (χ3n) is 7.52. The first-order valence-corrected chi connectivity index (χ1v) is 12.0. The number of para-hydroxylation sites is 1. The van der Waals surface area contributed by atoms with Gasteiger partial charge in [0.25, 0.3) is 5.56 Å². The maximum Gasteiger partial charge on any atom is 0.350 e. The first-order chi connectivity index (χ1) is 16.6. The highest BCUT2D eigenvalue weighted by Gasteiger charge is 2.44. The van der Waals surface area contributed by atoms with Crippen LogP contribution in [-0.2, 0) is 0 Å². The van der Waals surface area contributed by atoms with Crippen LogP contribution in [0.1, 0.15) is 38.3 Å². The van der Waals surface area contributed by atoms with Crippen molar-refractivity contribution < 1.29 is 9.13 Å². The highest BCUT2D eigenvalue weighted by atomic mass is 19.1. The summed E-state index contributed by atoms with van der Waals surface area (Å²) in [6.45, 7) is 7.50. The Morgan fingerprint density at radius 1 is 1.20 bits per heavy atom. The zero-order valence-electron chi connectivity index (χ0n) is 20.3. The Bertz CT molecular complexity index is 1390. The number of benzene rings is 2. The van der Waals surface area contributed by atoms with Gasteiger partial charge in [-0.3, -0.25) is 9.36 Å². The van der Waals surface area contributed by atoms with Gasteiger partial charge in [-0.05, 0) is 43.4 Å². The number of fused-ring (bicyclic) bond motifs is 1. The molecule has 0 amide bonds. The monoisotopic (exact) mass is 481 g/mol.